The first kappa shape index (κ1) is 23.2. The van der Waals surface area contributed by atoms with E-state index in [0.29, 0.717) is 5.82 Å². The lowest BCUT2D eigenvalue weighted by Gasteiger charge is -2.10. The summed E-state index contributed by atoms with van der Waals surface area (Å²) < 4.78 is 1.25. The molecular weight excluding hydrogens is 494 g/mol. The largest absolute Gasteiger partial charge is 0.264 e. The number of pyridine rings is 1. The van der Waals surface area contributed by atoms with Gasteiger partial charge in [-0.15, -0.1) is 11.3 Å². The van der Waals surface area contributed by atoms with Crippen LogP contribution in [0.2, 0.25) is 0 Å². The van der Waals surface area contributed by atoms with Crippen molar-refractivity contribution in [1.82, 2.24) is 15.0 Å². The van der Waals surface area contributed by atoms with Gasteiger partial charge in [0.1, 0.15) is 0 Å². The van der Waals surface area contributed by atoms with Gasteiger partial charge in [0, 0.05) is 28.2 Å². The lowest BCUT2D eigenvalue weighted by molar-refractivity contribution is 1.19. The van der Waals surface area contributed by atoms with E-state index in [1.54, 1.807) is 17.5 Å². The van der Waals surface area contributed by atoms with Crippen molar-refractivity contribution in [3.8, 4) is 55.5 Å². The third-order valence-corrected chi connectivity index (χ3v) is 7.97. The predicted octanol–water partition coefficient (Wildman–Crippen LogP) is 9.42. The summed E-state index contributed by atoms with van der Waals surface area (Å²) >= 11 is 1.76. The van der Waals surface area contributed by atoms with Crippen LogP contribution in [0.1, 0.15) is 0 Å². The maximum absolute atomic E-state index is 5.05. The van der Waals surface area contributed by atoms with Gasteiger partial charge in [-0.3, -0.25) is 4.98 Å². The molecule has 0 saturated carbocycles. The van der Waals surface area contributed by atoms with Gasteiger partial charge >= 0.3 is 0 Å². The van der Waals surface area contributed by atoms with Gasteiger partial charge in [-0.2, -0.15) is 0 Å². The summed E-state index contributed by atoms with van der Waals surface area (Å²) in [4.78, 5) is 15.5. The van der Waals surface area contributed by atoms with Gasteiger partial charge < -0.3 is 0 Å². The summed E-state index contributed by atoms with van der Waals surface area (Å²) in [6, 6.07) is 44.3. The van der Waals surface area contributed by atoms with Crippen molar-refractivity contribution in [2.24, 2.45) is 0 Å². The Kier molecular flexibility index (Phi) is 6.00. The van der Waals surface area contributed by atoms with Crippen LogP contribution in [0.3, 0.4) is 0 Å². The Morgan fingerprint density at radius 3 is 1.82 bits per heavy atom. The van der Waals surface area contributed by atoms with Crippen LogP contribution in [0.25, 0.3) is 65.6 Å². The zero-order valence-corrected chi connectivity index (χ0v) is 21.8. The van der Waals surface area contributed by atoms with Gasteiger partial charge in [-0.05, 0) is 51.9 Å². The molecular formula is C35H23N3S. The zero-order chi connectivity index (χ0) is 26.0. The Balaban J connectivity index is 1.32. The van der Waals surface area contributed by atoms with Crippen molar-refractivity contribution in [1.29, 1.82) is 0 Å². The quantitative estimate of drug-likeness (QED) is 0.228. The molecule has 3 aromatic heterocycles. The number of fused-ring (bicyclic) bond motifs is 1. The second-order valence-corrected chi connectivity index (χ2v) is 10.5. The highest BCUT2D eigenvalue weighted by atomic mass is 32.1. The van der Waals surface area contributed by atoms with E-state index in [1.807, 2.05) is 18.3 Å². The Bertz CT molecular complexity index is 1740. The van der Waals surface area contributed by atoms with Crippen LogP contribution < -0.4 is 0 Å². The fourth-order valence-corrected chi connectivity index (χ4v) is 5.79. The number of benzene rings is 4. The monoisotopic (exact) mass is 517 g/mol. The van der Waals surface area contributed by atoms with Gasteiger partial charge in [0.25, 0.3) is 0 Å². The number of hydrogen-bond acceptors (Lipinski definition) is 4. The second kappa shape index (κ2) is 10.1. The summed E-state index contributed by atoms with van der Waals surface area (Å²) in [5.74, 6) is 0.713. The molecule has 0 fully saturated rings. The minimum Gasteiger partial charge on any atom is -0.264 e. The first-order valence-electron chi connectivity index (χ1n) is 12.8. The molecule has 3 heterocycles. The Hall–Kier alpha value is -4.93. The van der Waals surface area contributed by atoms with Crippen LogP contribution in [0.4, 0.5) is 0 Å². The summed E-state index contributed by atoms with van der Waals surface area (Å²) in [6.45, 7) is 0. The van der Waals surface area contributed by atoms with Gasteiger partial charge in [0.05, 0.1) is 16.3 Å². The first-order valence-corrected chi connectivity index (χ1v) is 13.7. The highest BCUT2D eigenvalue weighted by Gasteiger charge is 2.13. The average molecular weight is 518 g/mol. The molecule has 0 saturated heterocycles. The van der Waals surface area contributed by atoms with E-state index in [0.717, 1.165) is 38.5 Å². The molecule has 4 heteroatoms. The van der Waals surface area contributed by atoms with Crippen molar-refractivity contribution in [2.75, 3.05) is 0 Å². The average Bonchev–Trinajstić information content (AvgIpc) is 3.47. The van der Waals surface area contributed by atoms with E-state index in [4.69, 9.17) is 9.97 Å². The summed E-state index contributed by atoms with van der Waals surface area (Å²) in [6.07, 6.45) is 3.67. The molecule has 0 spiro atoms. The molecule has 0 N–H and O–H groups in total. The minimum atomic E-state index is 0.713. The van der Waals surface area contributed by atoms with Gasteiger partial charge in [-0.1, -0.05) is 103 Å². The second-order valence-electron chi connectivity index (χ2n) is 9.37. The molecule has 184 valence electrons. The summed E-state index contributed by atoms with van der Waals surface area (Å²) in [5, 5.41) is 1.23. The maximum Gasteiger partial charge on any atom is 0.160 e. The third-order valence-electron chi connectivity index (χ3n) is 6.83. The molecule has 0 aliphatic rings. The first-order chi connectivity index (χ1) is 19.3. The standard InChI is InChI=1S/C35H23N3S/c1-2-7-24(8-3-1)25-12-16-27(17-13-25)31-22-32(34-21-29-9-4-5-11-33(29)39-34)38-35(37-31)28-18-14-26(15-19-28)30-10-6-20-36-23-30/h1-23H. The number of aromatic nitrogens is 3. The Morgan fingerprint density at radius 1 is 0.462 bits per heavy atom. The smallest absolute Gasteiger partial charge is 0.160 e. The van der Waals surface area contributed by atoms with Gasteiger partial charge in [0.15, 0.2) is 5.82 Å². The molecule has 4 aromatic carbocycles. The maximum atomic E-state index is 5.05. The fourth-order valence-electron chi connectivity index (χ4n) is 4.77. The van der Waals surface area contributed by atoms with Gasteiger partial charge in [-0.25, -0.2) is 9.97 Å². The van der Waals surface area contributed by atoms with Crippen molar-refractivity contribution in [3.63, 3.8) is 0 Å². The van der Waals surface area contributed by atoms with Crippen LogP contribution in [-0.4, -0.2) is 15.0 Å². The number of thiophene rings is 1. The summed E-state index contributed by atoms with van der Waals surface area (Å²) in [5.41, 5.74) is 8.47. The molecule has 0 radical (unpaired) electrons. The van der Waals surface area contributed by atoms with Gasteiger partial charge in [0.2, 0.25) is 0 Å². The molecule has 0 amide bonds. The molecule has 7 aromatic rings. The molecule has 7 rings (SSSR count). The molecule has 3 nitrogen and oxygen atoms in total. The van der Waals surface area contributed by atoms with E-state index in [9.17, 15) is 0 Å². The molecule has 39 heavy (non-hydrogen) atoms. The molecule has 0 aliphatic carbocycles. The zero-order valence-electron chi connectivity index (χ0n) is 21.0. The van der Waals surface area contributed by atoms with Crippen molar-refractivity contribution in [3.05, 3.63) is 140 Å². The van der Waals surface area contributed by atoms with Crippen molar-refractivity contribution >= 4 is 21.4 Å². The van der Waals surface area contributed by atoms with Crippen LogP contribution in [0.5, 0.6) is 0 Å². The van der Waals surface area contributed by atoms with Crippen LogP contribution >= 0.6 is 11.3 Å². The molecule has 0 bridgehead atoms. The number of hydrogen-bond donors (Lipinski definition) is 0. The minimum absolute atomic E-state index is 0.713. The fraction of sp³-hybridized carbons (Fsp3) is 0. The van der Waals surface area contributed by atoms with Crippen molar-refractivity contribution in [2.45, 2.75) is 0 Å². The van der Waals surface area contributed by atoms with E-state index < -0.39 is 0 Å². The lowest BCUT2D eigenvalue weighted by atomic mass is 10.0. The Labute approximate surface area is 231 Å². The van der Waals surface area contributed by atoms with Crippen LogP contribution in [0, 0.1) is 0 Å². The lowest BCUT2D eigenvalue weighted by Crippen LogP contribution is -1.95. The highest BCUT2D eigenvalue weighted by Crippen LogP contribution is 2.35. The third kappa shape index (κ3) is 4.74. The SMILES string of the molecule is c1ccc(-c2ccc(-c3cc(-c4cc5ccccc5s4)nc(-c4ccc(-c5cccnc5)cc4)n3)cc2)cc1. The number of nitrogens with zero attached hydrogens (tertiary/aromatic N) is 3. The highest BCUT2D eigenvalue weighted by molar-refractivity contribution is 7.22. The molecule has 0 atom stereocenters. The number of rotatable bonds is 5. The normalized spacial score (nSPS) is 11.1. The molecule has 0 unspecified atom stereocenters. The van der Waals surface area contributed by atoms with E-state index in [1.165, 1.54) is 21.2 Å². The topological polar surface area (TPSA) is 38.7 Å². The predicted molar refractivity (Wildman–Crippen MR) is 162 cm³/mol. The van der Waals surface area contributed by atoms with E-state index in [2.05, 4.69) is 120 Å². The van der Waals surface area contributed by atoms with E-state index >= 15 is 0 Å². The summed E-state index contributed by atoms with van der Waals surface area (Å²) in [7, 11) is 0. The van der Waals surface area contributed by atoms with E-state index in [-0.39, 0.29) is 0 Å². The van der Waals surface area contributed by atoms with Crippen molar-refractivity contribution < 1.29 is 0 Å². The molecule has 0 aliphatic heterocycles. The van der Waals surface area contributed by atoms with Crippen LogP contribution in [0.15, 0.2) is 140 Å². The van der Waals surface area contributed by atoms with Crippen LogP contribution in [-0.2, 0) is 0 Å². The Morgan fingerprint density at radius 2 is 1.08 bits per heavy atom.